The molecule has 6 nitrogen and oxygen atoms in total. The predicted octanol–water partition coefficient (Wildman–Crippen LogP) is 6.06. The molecule has 0 radical (unpaired) electrons. The number of imide groups is 1. The molecule has 0 atom stereocenters. The minimum Gasteiger partial charge on any atom is -0.378 e. The highest BCUT2D eigenvalue weighted by Crippen LogP contribution is 2.36. The van der Waals surface area contributed by atoms with Gasteiger partial charge < -0.3 is 4.18 Å². The summed E-state index contributed by atoms with van der Waals surface area (Å²) in [5.41, 5.74) is 1.18. The fourth-order valence-corrected chi connectivity index (χ4v) is 5.55. The van der Waals surface area contributed by atoms with Crippen LogP contribution in [-0.4, -0.2) is 24.5 Å². The maximum atomic E-state index is 12.9. The molecular formula is C23H15BrINO5S2. The molecule has 168 valence electrons. The number of carbonyl (C=O) groups is 2. The number of nitrogens with zero attached hydrogens (tertiary/aromatic N) is 1. The van der Waals surface area contributed by atoms with E-state index in [-0.39, 0.29) is 27.3 Å². The van der Waals surface area contributed by atoms with Gasteiger partial charge in [-0.2, -0.15) is 8.42 Å². The van der Waals surface area contributed by atoms with Gasteiger partial charge in [0.15, 0.2) is 0 Å². The molecule has 1 aliphatic rings. The van der Waals surface area contributed by atoms with Crippen molar-refractivity contribution in [2.75, 3.05) is 0 Å². The third-order valence-corrected chi connectivity index (χ3v) is 7.99. The molecule has 0 spiro atoms. The smallest absolute Gasteiger partial charge is 0.339 e. The highest BCUT2D eigenvalue weighted by Gasteiger charge is 2.35. The summed E-state index contributed by atoms with van der Waals surface area (Å²) in [6.07, 6.45) is 1.47. The van der Waals surface area contributed by atoms with E-state index in [0.29, 0.717) is 10.0 Å². The molecule has 0 saturated carbocycles. The number of halogens is 2. The number of thioether (sulfide) groups is 1. The molecule has 3 aromatic carbocycles. The van der Waals surface area contributed by atoms with Crippen LogP contribution in [0.2, 0.25) is 0 Å². The van der Waals surface area contributed by atoms with E-state index in [9.17, 15) is 18.0 Å². The van der Waals surface area contributed by atoms with Crippen LogP contribution in [-0.2, 0) is 21.5 Å². The monoisotopic (exact) mass is 655 g/mol. The summed E-state index contributed by atoms with van der Waals surface area (Å²) in [5, 5.41) is -0.390. The Labute approximate surface area is 217 Å². The molecule has 33 heavy (non-hydrogen) atoms. The predicted molar refractivity (Wildman–Crippen MR) is 139 cm³/mol. The number of carbonyl (C=O) groups excluding carboxylic acids is 2. The first-order chi connectivity index (χ1) is 15.7. The molecule has 3 aromatic rings. The molecule has 2 amide bonds. The van der Waals surface area contributed by atoms with E-state index in [1.807, 2.05) is 24.3 Å². The molecule has 1 fully saturated rings. The van der Waals surface area contributed by atoms with Gasteiger partial charge in [-0.05, 0) is 88.5 Å². The van der Waals surface area contributed by atoms with Crippen LogP contribution in [0.4, 0.5) is 4.79 Å². The van der Waals surface area contributed by atoms with Crippen molar-refractivity contribution >= 4 is 77.6 Å². The van der Waals surface area contributed by atoms with Gasteiger partial charge in [0.25, 0.3) is 11.1 Å². The Kier molecular flexibility index (Phi) is 7.27. The Morgan fingerprint density at radius 3 is 2.39 bits per heavy atom. The van der Waals surface area contributed by atoms with Crippen LogP contribution < -0.4 is 4.18 Å². The van der Waals surface area contributed by atoms with E-state index < -0.39 is 16.0 Å². The molecule has 1 aliphatic heterocycles. The molecule has 0 aliphatic carbocycles. The van der Waals surface area contributed by atoms with Crippen molar-refractivity contribution in [2.45, 2.75) is 11.4 Å². The zero-order valence-electron chi connectivity index (χ0n) is 16.8. The molecular weight excluding hydrogens is 641 g/mol. The van der Waals surface area contributed by atoms with Crippen LogP contribution in [0.25, 0.3) is 6.08 Å². The van der Waals surface area contributed by atoms with Gasteiger partial charge in [0.1, 0.15) is 10.6 Å². The van der Waals surface area contributed by atoms with E-state index in [0.717, 1.165) is 25.8 Å². The first-order valence-electron chi connectivity index (χ1n) is 9.52. The molecule has 4 rings (SSSR count). The van der Waals surface area contributed by atoms with Crippen molar-refractivity contribution in [3.05, 3.63) is 96.9 Å². The fraction of sp³-hybridized carbons (Fsp3) is 0.0435. The summed E-state index contributed by atoms with van der Waals surface area (Å²) < 4.78 is 32.4. The number of rotatable bonds is 6. The summed E-state index contributed by atoms with van der Waals surface area (Å²) in [5.74, 6) is -0.396. The Morgan fingerprint density at radius 1 is 1.00 bits per heavy atom. The van der Waals surface area contributed by atoms with Crippen molar-refractivity contribution in [2.24, 2.45) is 0 Å². The molecule has 10 heteroatoms. The summed E-state index contributed by atoms with van der Waals surface area (Å²) in [6, 6.07) is 20.1. The molecule has 0 N–H and O–H groups in total. The van der Waals surface area contributed by atoms with Gasteiger partial charge in [0.2, 0.25) is 0 Å². The van der Waals surface area contributed by atoms with Gasteiger partial charge in [0.05, 0.1) is 11.4 Å². The van der Waals surface area contributed by atoms with Crippen LogP contribution in [0.1, 0.15) is 11.1 Å². The summed E-state index contributed by atoms with van der Waals surface area (Å²) >= 11 is 6.34. The van der Waals surface area contributed by atoms with Crippen LogP contribution in [0, 0.1) is 3.57 Å². The van der Waals surface area contributed by atoms with Gasteiger partial charge >= 0.3 is 10.1 Å². The van der Waals surface area contributed by atoms with E-state index in [1.54, 1.807) is 30.3 Å². The van der Waals surface area contributed by atoms with Gasteiger partial charge in [-0.1, -0.05) is 46.3 Å². The highest BCUT2D eigenvalue weighted by atomic mass is 127. The lowest BCUT2D eigenvalue weighted by molar-refractivity contribution is -0.123. The summed E-state index contributed by atoms with van der Waals surface area (Å²) in [4.78, 5) is 26.8. The summed E-state index contributed by atoms with van der Waals surface area (Å²) in [7, 11) is -4.08. The van der Waals surface area contributed by atoms with E-state index >= 15 is 0 Å². The van der Waals surface area contributed by atoms with E-state index in [4.69, 9.17) is 4.18 Å². The SMILES string of the molecule is O=C1S/C(=C\c2cc(Br)ccc2OS(=O)(=O)c2ccccc2)C(=O)N1Cc1ccc(I)cc1. The quantitative estimate of drug-likeness (QED) is 0.183. The average molecular weight is 656 g/mol. The second-order valence-electron chi connectivity index (χ2n) is 6.93. The Morgan fingerprint density at radius 2 is 1.70 bits per heavy atom. The lowest BCUT2D eigenvalue weighted by Crippen LogP contribution is -2.27. The van der Waals surface area contributed by atoms with Crippen molar-refractivity contribution in [3.63, 3.8) is 0 Å². The number of benzene rings is 3. The zero-order chi connectivity index (χ0) is 23.6. The Bertz CT molecular complexity index is 1360. The summed E-state index contributed by atoms with van der Waals surface area (Å²) in [6.45, 7) is 0.156. The van der Waals surface area contributed by atoms with Gasteiger partial charge in [-0.3, -0.25) is 14.5 Å². The third-order valence-electron chi connectivity index (χ3n) is 4.62. The third kappa shape index (κ3) is 5.68. The second-order valence-corrected chi connectivity index (χ2v) is 11.6. The maximum Gasteiger partial charge on any atom is 0.339 e. The minimum absolute atomic E-state index is 0.0108. The molecule has 1 heterocycles. The lowest BCUT2D eigenvalue weighted by atomic mass is 10.2. The number of amides is 2. The first kappa shape index (κ1) is 24.0. The minimum atomic E-state index is -4.08. The largest absolute Gasteiger partial charge is 0.378 e. The normalized spacial score (nSPS) is 15.3. The molecule has 0 bridgehead atoms. The Balaban J connectivity index is 1.62. The van der Waals surface area contributed by atoms with E-state index in [2.05, 4.69) is 38.5 Å². The number of hydrogen-bond donors (Lipinski definition) is 0. The molecule has 0 unspecified atom stereocenters. The maximum absolute atomic E-state index is 12.9. The van der Waals surface area contributed by atoms with Gasteiger partial charge in [0, 0.05) is 13.6 Å². The van der Waals surface area contributed by atoms with Crippen molar-refractivity contribution < 1.29 is 22.2 Å². The number of hydrogen-bond acceptors (Lipinski definition) is 6. The topological polar surface area (TPSA) is 80.8 Å². The van der Waals surface area contributed by atoms with Crippen LogP contribution in [0.3, 0.4) is 0 Å². The lowest BCUT2D eigenvalue weighted by Gasteiger charge is -2.12. The average Bonchev–Trinajstić information content (AvgIpc) is 3.05. The van der Waals surface area contributed by atoms with Gasteiger partial charge in [-0.15, -0.1) is 0 Å². The van der Waals surface area contributed by atoms with Crippen molar-refractivity contribution in [1.29, 1.82) is 0 Å². The first-order valence-corrected chi connectivity index (χ1v) is 13.6. The second kappa shape index (κ2) is 10.00. The van der Waals surface area contributed by atoms with E-state index in [1.165, 1.54) is 24.3 Å². The van der Waals surface area contributed by atoms with Crippen molar-refractivity contribution in [1.82, 2.24) is 4.90 Å². The molecule has 0 aromatic heterocycles. The van der Waals surface area contributed by atoms with Crippen molar-refractivity contribution in [3.8, 4) is 5.75 Å². The van der Waals surface area contributed by atoms with Gasteiger partial charge in [-0.25, -0.2) is 0 Å². The Hall–Kier alpha value is -2.15. The molecule has 1 saturated heterocycles. The standard InChI is InChI=1S/C23H15BrINO5S2/c24-17-8-11-20(31-33(29,30)19-4-2-1-3-5-19)16(12-17)13-21-22(27)26(23(28)32-21)14-15-6-9-18(25)10-7-15/h1-13H,14H2/b21-13-. The highest BCUT2D eigenvalue weighted by molar-refractivity contribution is 14.1. The zero-order valence-corrected chi connectivity index (χ0v) is 22.2. The van der Waals surface area contributed by atoms with Crippen LogP contribution >= 0.6 is 50.3 Å². The van der Waals surface area contributed by atoms with Crippen LogP contribution in [0.15, 0.2) is 87.1 Å². The fourth-order valence-electron chi connectivity index (χ4n) is 3.01. The van der Waals surface area contributed by atoms with Crippen LogP contribution in [0.5, 0.6) is 5.75 Å².